The molecule has 25 heavy (non-hydrogen) atoms. The molecule has 1 aliphatic rings. The van der Waals surface area contributed by atoms with Crippen LogP contribution in [0.3, 0.4) is 0 Å². The zero-order valence-electron chi connectivity index (χ0n) is 13.7. The maximum atomic E-state index is 12.1. The van der Waals surface area contributed by atoms with Gasteiger partial charge in [0.25, 0.3) is 0 Å². The van der Waals surface area contributed by atoms with Crippen molar-refractivity contribution in [3.05, 3.63) is 46.8 Å². The lowest BCUT2D eigenvalue weighted by atomic mass is 10.2. The first-order valence-corrected chi connectivity index (χ1v) is 8.85. The number of aromatic nitrogens is 2. The highest BCUT2D eigenvalue weighted by Gasteiger charge is 2.18. The SMILES string of the molecule is O=C(CCN1CCN(c2cnccn2)CC1)Nc1cc(Cl)ccc1Cl. The van der Waals surface area contributed by atoms with Crippen LogP contribution in [-0.2, 0) is 4.79 Å². The number of benzene rings is 1. The molecule has 6 nitrogen and oxygen atoms in total. The van der Waals surface area contributed by atoms with E-state index in [2.05, 4.69) is 25.1 Å². The van der Waals surface area contributed by atoms with Gasteiger partial charge in [0.15, 0.2) is 0 Å². The molecule has 1 saturated heterocycles. The highest BCUT2D eigenvalue weighted by atomic mass is 35.5. The molecule has 132 valence electrons. The molecule has 0 bridgehead atoms. The molecule has 0 unspecified atom stereocenters. The summed E-state index contributed by atoms with van der Waals surface area (Å²) in [5.74, 6) is 0.830. The molecule has 2 aromatic rings. The normalized spacial score (nSPS) is 15.2. The molecule has 1 aromatic heterocycles. The van der Waals surface area contributed by atoms with Crippen LogP contribution in [0.5, 0.6) is 0 Å². The first-order valence-electron chi connectivity index (χ1n) is 8.10. The molecule has 1 amide bonds. The second-order valence-corrected chi connectivity index (χ2v) is 6.66. The fraction of sp³-hybridized carbons (Fsp3) is 0.353. The lowest BCUT2D eigenvalue weighted by Gasteiger charge is -2.35. The first-order chi connectivity index (χ1) is 12.1. The smallest absolute Gasteiger partial charge is 0.225 e. The van der Waals surface area contributed by atoms with Crippen molar-refractivity contribution in [1.29, 1.82) is 0 Å². The number of carbonyl (C=O) groups excluding carboxylic acids is 1. The molecule has 1 N–H and O–H groups in total. The minimum absolute atomic E-state index is 0.0690. The Labute approximate surface area is 156 Å². The minimum Gasteiger partial charge on any atom is -0.353 e. The van der Waals surface area contributed by atoms with E-state index in [0.717, 1.165) is 32.0 Å². The Morgan fingerprint density at radius 3 is 2.68 bits per heavy atom. The van der Waals surface area contributed by atoms with Gasteiger partial charge in [-0.2, -0.15) is 0 Å². The maximum Gasteiger partial charge on any atom is 0.225 e. The molecule has 0 radical (unpaired) electrons. The average Bonchev–Trinajstić information content (AvgIpc) is 2.64. The Morgan fingerprint density at radius 2 is 1.96 bits per heavy atom. The van der Waals surface area contributed by atoms with Crippen LogP contribution in [0.4, 0.5) is 11.5 Å². The monoisotopic (exact) mass is 379 g/mol. The zero-order chi connectivity index (χ0) is 17.6. The molecule has 1 aliphatic heterocycles. The molecular weight excluding hydrogens is 361 g/mol. The predicted molar refractivity (Wildman–Crippen MR) is 100 cm³/mol. The summed E-state index contributed by atoms with van der Waals surface area (Å²) in [6.07, 6.45) is 5.56. The average molecular weight is 380 g/mol. The highest BCUT2D eigenvalue weighted by Crippen LogP contribution is 2.25. The second-order valence-electron chi connectivity index (χ2n) is 5.81. The number of rotatable bonds is 5. The van der Waals surface area contributed by atoms with Crippen molar-refractivity contribution in [2.75, 3.05) is 42.9 Å². The van der Waals surface area contributed by atoms with Crippen molar-refractivity contribution >= 4 is 40.6 Å². The standard InChI is InChI=1S/C17H19Cl2N5O/c18-13-1-2-14(19)15(11-13)22-17(25)3-6-23-7-9-24(10-8-23)16-12-20-4-5-21-16/h1-2,4-5,11-12H,3,6-10H2,(H,22,25). The molecule has 3 rings (SSSR count). The van der Waals surface area contributed by atoms with Gasteiger partial charge in [0.2, 0.25) is 5.91 Å². The number of nitrogens with zero attached hydrogens (tertiary/aromatic N) is 4. The third kappa shape index (κ3) is 5.04. The lowest BCUT2D eigenvalue weighted by molar-refractivity contribution is -0.116. The number of anilines is 2. The van der Waals surface area contributed by atoms with Gasteiger partial charge in [0.05, 0.1) is 16.9 Å². The minimum atomic E-state index is -0.0690. The van der Waals surface area contributed by atoms with Crippen LogP contribution in [0.2, 0.25) is 10.0 Å². The van der Waals surface area contributed by atoms with Crippen molar-refractivity contribution in [2.24, 2.45) is 0 Å². The van der Waals surface area contributed by atoms with E-state index in [-0.39, 0.29) is 5.91 Å². The maximum absolute atomic E-state index is 12.1. The van der Waals surface area contributed by atoms with Crippen LogP contribution in [0.1, 0.15) is 6.42 Å². The van der Waals surface area contributed by atoms with Gasteiger partial charge in [-0.1, -0.05) is 23.2 Å². The van der Waals surface area contributed by atoms with Crippen molar-refractivity contribution < 1.29 is 4.79 Å². The van der Waals surface area contributed by atoms with Crippen LogP contribution in [0, 0.1) is 0 Å². The second kappa shape index (κ2) is 8.47. The van der Waals surface area contributed by atoms with Gasteiger partial charge in [-0.25, -0.2) is 4.98 Å². The van der Waals surface area contributed by atoms with Gasteiger partial charge in [-0.05, 0) is 18.2 Å². The molecule has 1 fully saturated rings. The van der Waals surface area contributed by atoms with Crippen LogP contribution >= 0.6 is 23.2 Å². The van der Waals surface area contributed by atoms with Crippen LogP contribution in [0.25, 0.3) is 0 Å². The van der Waals surface area contributed by atoms with E-state index in [1.807, 2.05) is 0 Å². The number of hydrogen-bond acceptors (Lipinski definition) is 5. The van der Waals surface area contributed by atoms with Gasteiger partial charge in [-0.15, -0.1) is 0 Å². The van der Waals surface area contributed by atoms with Gasteiger partial charge >= 0.3 is 0 Å². The number of halogens is 2. The Morgan fingerprint density at radius 1 is 1.16 bits per heavy atom. The Balaban J connectivity index is 1.44. The largest absolute Gasteiger partial charge is 0.353 e. The number of hydrogen-bond donors (Lipinski definition) is 1. The summed E-state index contributed by atoms with van der Waals surface area (Å²) in [7, 11) is 0. The molecule has 1 aromatic carbocycles. The molecule has 8 heteroatoms. The third-order valence-corrected chi connectivity index (χ3v) is 4.67. The van der Waals surface area contributed by atoms with E-state index < -0.39 is 0 Å². The van der Waals surface area contributed by atoms with Crippen LogP contribution < -0.4 is 10.2 Å². The summed E-state index contributed by atoms with van der Waals surface area (Å²) in [5.41, 5.74) is 0.548. The summed E-state index contributed by atoms with van der Waals surface area (Å²) < 4.78 is 0. The van der Waals surface area contributed by atoms with Crippen molar-refractivity contribution in [2.45, 2.75) is 6.42 Å². The number of nitrogens with one attached hydrogen (secondary N) is 1. The van der Waals surface area contributed by atoms with Crippen LogP contribution in [0.15, 0.2) is 36.8 Å². The van der Waals surface area contributed by atoms with E-state index >= 15 is 0 Å². The van der Waals surface area contributed by atoms with Crippen molar-refractivity contribution in [1.82, 2.24) is 14.9 Å². The predicted octanol–water partition coefficient (Wildman–Crippen LogP) is 2.93. The number of piperazine rings is 1. The van der Waals surface area contributed by atoms with E-state index in [0.29, 0.717) is 28.7 Å². The highest BCUT2D eigenvalue weighted by molar-refractivity contribution is 6.35. The quantitative estimate of drug-likeness (QED) is 0.864. The Bertz CT molecular complexity index is 720. The summed E-state index contributed by atoms with van der Waals surface area (Å²) in [4.78, 5) is 25.0. The number of amides is 1. The summed E-state index contributed by atoms with van der Waals surface area (Å²) >= 11 is 12.0. The van der Waals surface area contributed by atoms with E-state index in [1.165, 1.54) is 0 Å². The van der Waals surface area contributed by atoms with Crippen LogP contribution in [-0.4, -0.2) is 53.5 Å². The van der Waals surface area contributed by atoms with E-state index in [1.54, 1.807) is 36.8 Å². The van der Waals surface area contributed by atoms with E-state index in [4.69, 9.17) is 23.2 Å². The Hall–Kier alpha value is -1.89. The fourth-order valence-electron chi connectivity index (χ4n) is 2.72. The zero-order valence-corrected chi connectivity index (χ0v) is 15.2. The van der Waals surface area contributed by atoms with E-state index in [9.17, 15) is 4.79 Å². The van der Waals surface area contributed by atoms with Gasteiger partial charge in [-0.3, -0.25) is 14.7 Å². The van der Waals surface area contributed by atoms with Crippen molar-refractivity contribution in [3.63, 3.8) is 0 Å². The van der Waals surface area contributed by atoms with Gasteiger partial charge < -0.3 is 10.2 Å². The van der Waals surface area contributed by atoms with Gasteiger partial charge in [0, 0.05) is 56.6 Å². The number of carbonyl (C=O) groups is 1. The lowest BCUT2D eigenvalue weighted by Crippen LogP contribution is -2.47. The summed E-state index contributed by atoms with van der Waals surface area (Å²) in [5, 5.41) is 3.84. The van der Waals surface area contributed by atoms with Crippen molar-refractivity contribution in [3.8, 4) is 0 Å². The molecule has 2 heterocycles. The first kappa shape index (κ1) is 17.9. The molecule has 0 aliphatic carbocycles. The third-order valence-electron chi connectivity index (χ3n) is 4.10. The van der Waals surface area contributed by atoms with Gasteiger partial charge in [0.1, 0.15) is 5.82 Å². The fourth-order valence-corrected chi connectivity index (χ4v) is 3.06. The topological polar surface area (TPSA) is 61.4 Å². The molecule has 0 atom stereocenters. The summed E-state index contributed by atoms with van der Waals surface area (Å²) in [6, 6.07) is 5.02. The molecular formula is C17H19Cl2N5O. The molecule has 0 saturated carbocycles. The Kier molecular flexibility index (Phi) is 6.07. The molecule has 0 spiro atoms. The summed E-state index contributed by atoms with van der Waals surface area (Å²) in [6.45, 7) is 4.24.